The highest BCUT2D eigenvalue weighted by molar-refractivity contribution is 7.80. The largest absolute Gasteiger partial charge is 0.359 e. The molecule has 2 rings (SSSR count). The first kappa shape index (κ1) is 15.0. The maximum Gasteiger partial charge on any atom is 0.189 e. The van der Waals surface area contributed by atoms with Crippen molar-refractivity contribution in [3.8, 4) is 0 Å². The van der Waals surface area contributed by atoms with Gasteiger partial charge in [-0.3, -0.25) is 10.9 Å². The van der Waals surface area contributed by atoms with Crippen LogP contribution in [-0.4, -0.2) is 16.3 Å². The van der Waals surface area contributed by atoms with Crippen molar-refractivity contribution in [2.75, 3.05) is 5.32 Å². The van der Waals surface area contributed by atoms with Crippen LogP contribution in [0.25, 0.3) is 0 Å². The van der Waals surface area contributed by atoms with E-state index in [-0.39, 0.29) is 0 Å². The topological polar surface area (TPSA) is 48.1 Å². The molecule has 1 fully saturated rings. The Hall–Kier alpha value is -1.40. The number of rotatable bonds is 2. The quantitative estimate of drug-likeness (QED) is 0.498. The van der Waals surface area contributed by atoms with Gasteiger partial charge in [0.1, 0.15) is 0 Å². The molecule has 4 N–H and O–H groups in total. The van der Waals surface area contributed by atoms with Gasteiger partial charge in [0.15, 0.2) is 10.2 Å². The van der Waals surface area contributed by atoms with Crippen LogP contribution in [0.2, 0.25) is 0 Å². The van der Waals surface area contributed by atoms with Crippen molar-refractivity contribution in [1.29, 1.82) is 0 Å². The summed E-state index contributed by atoms with van der Waals surface area (Å²) in [6, 6.07) is 8.53. The van der Waals surface area contributed by atoms with Crippen molar-refractivity contribution in [1.82, 2.24) is 16.2 Å². The second-order valence-corrected chi connectivity index (χ2v) is 5.84. The van der Waals surface area contributed by atoms with Crippen molar-refractivity contribution in [2.45, 2.75) is 38.6 Å². The van der Waals surface area contributed by atoms with Gasteiger partial charge in [0.25, 0.3) is 0 Å². The first-order valence-corrected chi connectivity index (χ1v) is 7.65. The smallest absolute Gasteiger partial charge is 0.189 e. The van der Waals surface area contributed by atoms with Crippen LogP contribution >= 0.6 is 24.4 Å². The molecule has 0 aliphatic heterocycles. The molecular weight excluding hydrogens is 288 g/mol. The summed E-state index contributed by atoms with van der Waals surface area (Å²) in [4.78, 5) is 0. The number of thiocarbonyl (C=S) groups is 2. The summed E-state index contributed by atoms with van der Waals surface area (Å²) in [5.74, 6) is 0. The summed E-state index contributed by atoms with van der Waals surface area (Å²) < 4.78 is 0. The zero-order chi connectivity index (χ0) is 14.4. The van der Waals surface area contributed by atoms with Gasteiger partial charge in [-0.05, 0) is 56.3 Å². The summed E-state index contributed by atoms with van der Waals surface area (Å²) in [6.45, 7) is 2.05. The van der Waals surface area contributed by atoms with E-state index in [1.54, 1.807) is 0 Å². The predicted octanol–water partition coefficient (Wildman–Crippen LogP) is 2.60. The van der Waals surface area contributed by atoms with Crippen LogP contribution in [0.15, 0.2) is 24.3 Å². The van der Waals surface area contributed by atoms with Gasteiger partial charge >= 0.3 is 0 Å². The summed E-state index contributed by atoms with van der Waals surface area (Å²) in [7, 11) is 0. The Morgan fingerprint density at radius 1 is 1.00 bits per heavy atom. The molecule has 1 aromatic carbocycles. The lowest BCUT2D eigenvalue weighted by atomic mass is 10.2. The molecule has 6 heteroatoms. The van der Waals surface area contributed by atoms with Gasteiger partial charge in [0, 0.05) is 11.7 Å². The minimum Gasteiger partial charge on any atom is -0.359 e. The molecule has 1 aromatic rings. The lowest BCUT2D eigenvalue weighted by molar-refractivity contribution is 0.618. The molecule has 0 amide bonds. The van der Waals surface area contributed by atoms with Gasteiger partial charge in [-0.1, -0.05) is 30.5 Å². The third-order valence-corrected chi connectivity index (χ3v) is 3.71. The first-order valence-electron chi connectivity index (χ1n) is 6.83. The summed E-state index contributed by atoms with van der Waals surface area (Å²) in [5.41, 5.74) is 7.96. The Morgan fingerprint density at radius 2 is 1.60 bits per heavy atom. The second-order valence-electron chi connectivity index (χ2n) is 5.02. The average Bonchev–Trinajstić information content (AvgIpc) is 2.92. The Balaban J connectivity index is 1.69. The number of hydrogen-bond acceptors (Lipinski definition) is 2. The van der Waals surface area contributed by atoms with Gasteiger partial charge in [-0.25, -0.2) is 0 Å². The van der Waals surface area contributed by atoms with Crippen LogP contribution in [0.3, 0.4) is 0 Å². The molecule has 0 bridgehead atoms. The van der Waals surface area contributed by atoms with E-state index in [9.17, 15) is 0 Å². The summed E-state index contributed by atoms with van der Waals surface area (Å²) in [6.07, 6.45) is 4.93. The van der Waals surface area contributed by atoms with Crippen molar-refractivity contribution in [3.63, 3.8) is 0 Å². The SMILES string of the molecule is Cc1ccc(NC(=S)NNC(=S)NC2CCCC2)cc1. The third-order valence-electron chi connectivity index (χ3n) is 3.29. The molecule has 20 heavy (non-hydrogen) atoms. The zero-order valence-corrected chi connectivity index (χ0v) is 13.2. The van der Waals surface area contributed by atoms with Crippen molar-refractivity contribution in [3.05, 3.63) is 29.8 Å². The zero-order valence-electron chi connectivity index (χ0n) is 11.5. The van der Waals surface area contributed by atoms with Crippen LogP contribution in [0, 0.1) is 6.92 Å². The molecular formula is C14H20N4S2. The van der Waals surface area contributed by atoms with Crippen molar-refractivity contribution >= 4 is 40.3 Å². The molecule has 0 spiro atoms. The molecule has 0 heterocycles. The Kier molecular flexibility index (Phi) is 5.55. The number of hydrazine groups is 1. The molecule has 4 nitrogen and oxygen atoms in total. The number of hydrogen-bond donors (Lipinski definition) is 4. The van der Waals surface area contributed by atoms with Gasteiger partial charge in [0.05, 0.1) is 0 Å². The predicted molar refractivity (Wildman–Crippen MR) is 91.7 cm³/mol. The van der Waals surface area contributed by atoms with Crippen LogP contribution < -0.4 is 21.5 Å². The highest BCUT2D eigenvalue weighted by Crippen LogP contribution is 2.17. The molecule has 0 atom stereocenters. The molecule has 1 saturated carbocycles. The van der Waals surface area contributed by atoms with Crippen molar-refractivity contribution < 1.29 is 0 Å². The number of benzene rings is 1. The molecule has 1 aliphatic rings. The number of anilines is 1. The first-order chi connectivity index (χ1) is 9.63. The number of aryl methyl sites for hydroxylation is 1. The summed E-state index contributed by atoms with van der Waals surface area (Å²) >= 11 is 10.4. The van der Waals surface area contributed by atoms with Gasteiger partial charge in [-0.15, -0.1) is 0 Å². The number of nitrogens with one attached hydrogen (secondary N) is 4. The monoisotopic (exact) mass is 308 g/mol. The van der Waals surface area contributed by atoms with E-state index >= 15 is 0 Å². The van der Waals surface area contributed by atoms with Gasteiger partial charge < -0.3 is 10.6 Å². The normalized spacial score (nSPS) is 14.7. The van der Waals surface area contributed by atoms with Crippen LogP contribution in [0.5, 0.6) is 0 Å². The highest BCUT2D eigenvalue weighted by Gasteiger charge is 2.15. The fourth-order valence-corrected chi connectivity index (χ4v) is 2.59. The van der Waals surface area contributed by atoms with E-state index in [1.807, 2.05) is 24.3 Å². The van der Waals surface area contributed by atoms with Gasteiger partial charge in [-0.2, -0.15) is 0 Å². The lowest BCUT2D eigenvalue weighted by Crippen LogP contribution is -2.50. The molecule has 0 saturated heterocycles. The minimum atomic E-state index is 0.490. The Morgan fingerprint density at radius 3 is 2.25 bits per heavy atom. The molecule has 108 valence electrons. The van der Waals surface area contributed by atoms with Crippen molar-refractivity contribution in [2.24, 2.45) is 0 Å². The van der Waals surface area contributed by atoms with Crippen LogP contribution in [0.4, 0.5) is 5.69 Å². The fraction of sp³-hybridized carbons (Fsp3) is 0.429. The Bertz CT molecular complexity index is 467. The van der Waals surface area contributed by atoms with E-state index in [0.29, 0.717) is 16.3 Å². The Labute approximate surface area is 130 Å². The van der Waals surface area contributed by atoms with Crippen LogP contribution in [-0.2, 0) is 0 Å². The van der Waals surface area contributed by atoms with Gasteiger partial charge in [0.2, 0.25) is 0 Å². The minimum absolute atomic E-state index is 0.490. The third kappa shape index (κ3) is 4.94. The molecule has 0 aromatic heterocycles. The fourth-order valence-electron chi connectivity index (χ4n) is 2.20. The van der Waals surface area contributed by atoms with E-state index in [2.05, 4.69) is 28.4 Å². The maximum absolute atomic E-state index is 5.22. The van der Waals surface area contributed by atoms with E-state index < -0.39 is 0 Å². The molecule has 1 aliphatic carbocycles. The second kappa shape index (κ2) is 7.40. The van der Waals surface area contributed by atoms with E-state index in [0.717, 1.165) is 5.69 Å². The van der Waals surface area contributed by atoms with E-state index in [1.165, 1.54) is 31.2 Å². The molecule has 0 unspecified atom stereocenters. The standard InChI is InChI=1S/C14H20N4S2/c1-10-6-8-12(9-7-10)16-14(20)18-17-13(19)15-11-4-2-3-5-11/h6-9,11H,2-5H2,1H3,(H2,15,17,19)(H2,16,18,20). The maximum atomic E-state index is 5.22. The molecule has 0 radical (unpaired) electrons. The highest BCUT2D eigenvalue weighted by atomic mass is 32.1. The average molecular weight is 308 g/mol. The summed E-state index contributed by atoms with van der Waals surface area (Å²) in [5, 5.41) is 7.44. The van der Waals surface area contributed by atoms with E-state index in [4.69, 9.17) is 24.4 Å². The lowest BCUT2D eigenvalue weighted by Gasteiger charge is -2.17. The van der Waals surface area contributed by atoms with Crippen LogP contribution in [0.1, 0.15) is 31.2 Å².